The summed E-state index contributed by atoms with van der Waals surface area (Å²) in [6, 6.07) is 2.88. The molecule has 0 N–H and O–H groups in total. The Labute approximate surface area is 64.5 Å². The molecule has 1 heterocycles. The highest BCUT2D eigenvalue weighted by Crippen LogP contribution is 1.97. The molecule has 0 bridgehead atoms. The van der Waals surface area contributed by atoms with E-state index in [1.54, 1.807) is 13.8 Å². The third-order valence-corrected chi connectivity index (χ3v) is 1.51. The predicted molar refractivity (Wildman–Crippen MR) is 41.2 cm³/mol. The predicted octanol–water partition coefficient (Wildman–Crippen LogP) is 0.794. The monoisotopic (exact) mass is 148 g/mol. The molecule has 0 aliphatic rings. The second-order valence-electron chi connectivity index (χ2n) is 2.41. The summed E-state index contributed by atoms with van der Waals surface area (Å²) in [5, 5.41) is 8.60. The molecule has 0 fully saturated rings. The van der Waals surface area contributed by atoms with Gasteiger partial charge < -0.3 is 0 Å². The SMILES string of the molecule is Cc1cc(=O)cc(C)n1C#N. The molecule has 1 aromatic rings. The second-order valence-corrected chi connectivity index (χ2v) is 2.41. The maximum atomic E-state index is 10.9. The smallest absolute Gasteiger partial charge is 0.188 e. The molecule has 3 heteroatoms. The van der Waals surface area contributed by atoms with Crippen LogP contribution in [0.15, 0.2) is 16.9 Å². The van der Waals surface area contributed by atoms with Gasteiger partial charge in [-0.25, -0.2) is 0 Å². The van der Waals surface area contributed by atoms with E-state index in [2.05, 4.69) is 0 Å². The minimum atomic E-state index is -0.0495. The van der Waals surface area contributed by atoms with Crippen LogP contribution in [-0.4, -0.2) is 4.57 Å². The number of hydrogen-bond acceptors (Lipinski definition) is 2. The molecule has 0 spiro atoms. The minimum absolute atomic E-state index is 0.0495. The Morgan fingerprint density at radius 2 is 1.82 bits per heavy atom. The van der Waals surface area contributed by atoms with E-state index in [1.807, 2.05) is 6.19 Å². The molecule has 0 radical (unpaired) electrons. The summed E-state index contributed by atoms with van der Waals surface area (Å²) in [5.41, 5.74) is 1.31. The zero-order chi connectivity index (χ0) is 8.43. The summed E-state index contributed by atoms with van der Waals surface area (Å²) < 4.78 is 1.42. The van der Waals surface area contributed by atoms with Gasteiger partial charge in [-0.3, -0.25) is 9.36 Å². The number of aryl methyl sites for hydroxylation is 2. The van der Waals surface area contributed by atoms with Crippen LogP contribution in [0.1, 0.15) is 11.4 Å². The lowest BCUT2D eigenvalue weighted by atomic mass is 10.3. The fourth-order valence-corrected chi connectivity index (χ4v) is 1.02. The number of nitrogens with zero attached hydrogens (tertiary/aromatic N) is 2. The number of hydrogen-bond donors (Lipinski definition) is 0. The van der Waals surface area contributed by atoms with Crippen molar-refractivity contribution in [2.24, 2.45) is 0 Å². The molecule has 0 aliphatic heterocycles. The Hall–Kier alpha value is -1.56. The molecule has 1 rings (SSSR count). The number of pyridine rings is 1. The molecule has 3 nitrogen and oxygen atoms in total. The fourth-order valence-electron chi connectivity index (χ4n) is 1.02. The van der Waals surface area contributed by atoms with Crippen LogP contribution >= 0.6 is 0 Å². The summed E-state index contributed by atoms with van der Waals surface area (Å²) in [6.45, 7) is 3.47. The van der Waals surface area contributed by atoms with Crippen molar-refractivity contribution < 1.29 is 0 Å². The van der Waals surface area contributed by atoms with Crippen LogP contribution in [0.5, 0.6) is 0 Å². The van der Waals surface area contributed by atoms with E-state index in [-0.39, 0.29) is 5.43 Å². The van der Waals surface area contributed by atoms with E-state index in [9.17, 15) is 4.79 Å². The van der Waals surface area contributed by atoms with Crippen molar-refractivity contribution in [3.8, 4) is 6.19 Å². The van der Waals surface area contributed by atoms with E-state index < -0.39 is 0 Å². The molecule has 0 aliphatic carbocycles. The van der Waals surface area contributed by atoms with Gasteiger partial charge in [0.05, 0.1) is 0 Å². The minimum Gasteiger partial charge on any atom is -0.290 e. The van der Waals surface area contributed by atoms with Gasteiger partial charge in [0.15, 0.2) is 11.6 Å². The quantitative estimate of drug-likeness (QED) is 0.546. The summed E-state index contributed by atoms with van der Waals surface area (Å²) in [4.78, 5) is 10.9. The highest BCUT2D eigenvalue weighted by molar-refractivity contribution is 5.16. The van der Waals surface area contributed by atoms with Gasteiger partial charge in [-0.1, -0.05) is 0 Å². The average Bonchev–Trinajstić information content (AvgIpc) is 1.85. The van der Waals surface area contributed by atoms with Gasteiger partial charge in [0.2, 0.25) is 0 Å². The van der Waals surface area contributed by atoms with Crippen molar-refractivity contribution in [1.29, 1.82) is 5.26 Å². The molecular weight excluding hydrogens is 140 g/mol. The third kappa shape index (κ3) is 1.30. The number of nitriles is 1. The van der Waals surface area contributed by atoms with Crippen molar-refractivity contribution in [1.82, 2.24) is 4.57 Å². The van der Waals surface area contributed by atoms with E-state index in [0.29, 0.717) is 11.4 Å². The zero-order valence-electron chi connectivity index (χ0n) is 6.46. The maximum absolute atomic E-state index is 10.9. The highest BCUT2D eigenvalue weighted by Gasteiger charge is 1.97. The summed E-state index contributed by atoms with van der Waals surface area (Å²) in [7, 11) is 0. The van der Waals surface area contributed by atoms with Crippen LogP contribution in [0.2, 0.25) is 0 Å². The lowest BCUT2D eigenvalue weighted by Gasteiger charge is -2.02. The van der Waals surface area contributed by atoms with Crippen LogP contribution in [-0.2, 0) is 0 Å². The fraction of sp³-hybridized carbons (Fsp3) is 0.250. The van der Waals surface area contributed by atoms with Crippen LogP contribution in [0.3, 0.4) is 0 Å². The molecule has 0 atom stereocenters. The maximum Gasteiger partial charge on any atom is 0.188 e. The summed E-state index contributed by atoms with van der Waals surface area (Å²) in [5.74, 6) is 0. The van der Waals surface area contributed by atoms with Crippen LogP contribution in [0, 0.1) is 25.3 Å². The van der Waals surface area contributed by atoms with Crippen molar-refractivity contribution in [2.45, 2.75) is 13.8 Å². The van der Waals surface area contributed by atoms with Crippen molar-refractivity contribution in [2.75, 3.05) is 0 Å². The van der Waals surface area contributed by atoms with Gasteiger partial charge in [0.1, 0.15) is 0 Å². The van der Waals surface area contributed by atoms with E-state index in [1.165, 1.54) is 16.7 Å². The molecule has 0 saturated carbocycles. The first kappa shape index (κ1) is 7.55. The van der Waals surface area contributed by atoms with Crippen LogP contribution in [0.25, 0.3) is 0 Å². The van der Waals surface area contributed by atoms with Gasteiger partial charge in [-0.05, 0) is 13.8 Å². The van der Waals surface area contributed by atoms with Gasteiger partial charge in [0, 0.05) is 23.5 Å². The first-order valence-corrected chi connectivity index (χ1v) is 3.25. The highest BCUT2D eigenvalue weighted by atomic mass is 16.1. The Kier molecular flexibility index (Phi) is 1.77. The van der Waals surface area contributed by atoms with Crippen molar-refractivity contribution in [3.05, 3.63) is 33.7 Å². The Morgan fingerprint density at radius 3 is 2.18 bits per heavy atom. The summed E-state index contributed by atoms with van der Waals surface area (Å²) >= 11 is 0. The van der Waals surface area contributed by atoms with E-state index in [0.717, 1.165) is 0 Å². The molecule has 0 unspecified atom stereocenters. The molecule has 0 aromatic carbocycles. The van der Waals surface area contributed by atoms with E-state index in [4.69, 9.17) is 5.26 Å². The molecular formula is C8H8N2O. The Morgan fingerprint density at radius 1 is 1.36 bits per heavy atom. The van der Waals surface area contributed by atoms with Crippen LogP contribution < -0.4 is 5.43 Å². The second kappa shape index (κ2) is 2.59. The normalized spacial score (nSPS) is 9.18. The largest absolute Gasteiger partial charge is 0.290 e. The lowest BCUT2D eigenvalue weighted by molar-refractivity contribution is 0.938. The van der Waals surface area contributed by atoms with Gasteiger partial charge in [0.25, 0.3) is 0 Å². The molecule has 0 amide bonds. The third-order valence-electron chi connectivity index (χ3n) is 1.51. The first-order chi connectivity index (χ1) is 5.15. The topological polar surface area (TPSA) is 45.8 Å². The zero-order valence-corrected chi connectivity index (χ0v) is 6.46. The van der Waals surface area contributed by atoms with Gasteiger partial charge in [-0.2, -0.15) is 5.26 Å². The van der Waals surface area contributed by atoms with E-state index >= 15 is 0 Å². The molecule has 11 heavy (non-hydrogen) atoms. The Bertz CT molecular complexity index is 344. The number of aromatic nitrogens is 1. The first-order valence-electron chi connectivity index (χ1n) is 3.25. The lowest BCUT2D eigenvalue weighted by Crippen LogP contribution is -2.08. The summed E-state index contributed by atoms with van der Waals surface area (Å²) in [6.07, 6.45) is 1.97. The van der Waals surface area contributed by atoms with Gasteiger partial charge >= 0.3 is 0 Å². The standard InChI is InChI=1S/C8H8N2O/c1-6-3-8(11)4-7(2)10(6)5-9/h3-4H,1-2H3. The number of rotatable bonds is 0. The average molecular weight is 148 g/mol. The van der Waals surface area contributed by atoms with Crippen molar-refractivity contribution >= 4 is 0 Å². The van der Waals surface area contributed by atoms with Crippen LogP contribution in [0.4, 0.5) is 0 Å². The molecule has 1 aromatic heterocycles. The Balaban J connectivity index is 3.52. The van der Waals surface area contributed by atoms with Crippen molar-refractivity contribution in [3.63, 3.8) is 0 Å². The molecule has 0 saturated heterocycles. The van der Waals surface area contributed by atoms with Gasteiger partial charge in [-0.15, -0.1) is 0 Å². The molecule has 56 valence electrons.